The molecule has 1 unspecified atom stereocenters. The molecule has 0 bridgehead atoms. The fourth-order valence-electron chi connectivity index (χ4n) is 2.40. The van der Waals surface area contributed by atoms with Gasteiger partial charge in [0.1, 0.15) is 0 Å². The topological polar surface area (TPSA) is 63.9 Å². The molecule has 1 N–H and O–H groups in total. The highest BCUT2D eigenvalue weighted by Gasteiger charge is 2.22. The summed E-state index contributed by atoms with van der Waals surface area (Å²) in [5, 5.41) is 7.65. The van der Waals surface area contributed by atoms with Crippen LogP contribution in [0.25, 0.3) is 0 Å². The Morgan fingerprint density at radius 3 is 3.14 bits per heavy atom. The number of hydrogen-bond donors (Lipinski definition) is 1. The van der Waals surface area contributed by atoms with Gasteiger partial charge in [0.05, 0.1) is 32.1 Å². The molecule has 1 aromatic heterocycles. The highest BCUT2D eigenvalue weighted by molar-refractivity contribution is 5.79. The third kappa shape index (κ3) is 4.71. The molecule has 21 heavy (non-hydrogen) atoms. The quantitative estimate of drug-likeness (QED) is 0.617. The molecule has 0 aliphatic carbocycles. The first-order valence-corrected chi connectivity index (χ1v) is 7.28. The summed E-state index contributed by atoms with van der Waals surface area (Å²) in [6, 6.07) is 0. The van der Waals surface area contributed by atoms with Crippen LogP contribution in [-0.2, 0) is 16.0 Å². The van der Waals surface area contributed by atoms with Crippen molar-refractivity contribution in [3.8, 4) is 0 Å². The minimum Gasteiger partial charge on any atom is -0.382 e. The fourth-order valence-corrected chi connectivity index (χ4v) is 2.40. The number of nitrogens with one attached hydrogen (secondary N) is 1. The molecule has 118 valence electrons. The van der Waals surface area contributed by atoms with Gasteiger partial charge in [-0.2, -0.15) is 5.10 Å². The molecule has 0 amide bonds. The molecular weight excluding hydrogens is 270 g/mol. The Kier molecular flexibility index (Phi) is 6.01. The maximum Gasteiger partial charge on any atom is 0.193 e. The minimum atomic E-state index is 0.107. The zero-order valence-corrected chi connectivity index (χ0v) is 13.1. The summed E-state index contributed by atoms with van der Waals surface area (Å²) >= 11 is 0. The number of nitrogens with zero attached hydrogens (tertiary/aromatic N) is 4. The monoisotopic (exact) mass is 295 g/mol. The first kappa shape index (κ1) is 15.8. The van der Waals surface area contributed by atoms with Crippen LogP contribution >= 0.6 is 0 Å². The highest BCUT2D eigenvalue weighted by Crippen LogP contribution is 2.05. The molecule has 1 aromatic rings. The van der Waals surface area contributed by atoms with Gasteiger partial charge in [-0.25, -0.2) is 0 Å². The van der Waals surface area contributed by atoms with Gasteiger partial charge >= 0.3 is 0 Å². The van der Waals surface area contributed by atoms with Crippen molar-refractivity contribution in [2.75, 3.05) is 47.0 Å². The molecule has 1 aliphatic heterocycles. The van der Waals surface area contributed by atoms with E-state index in [1.54, 1.807) is 14.2 Å². The molecule has 2 rings (SSSR count). The van der Waals surface area contributed by atoms with Crippen LogP contribution in [0.2, 0.25) is 0 Å². The van der Waals surface area contributed by atoms with Crippen molar-refractivity contribution >= 4 is 5.96 Å². The smallest absolute Gasteiger partial charge is 0.193 e. The summed E-state index contributed by atoms with van der Waals surface area (Å²) in [5.41, 5.74) is 1.18. The van der Waals surface area contributed by atoms with Crippen LogP contribution in [0.1, 0.15) is 5.56 Å². The van der Waals surface area contributed by atoms with Crippen LogP contribution in [0.4, 0.5) is 0 Å². The molecule has 7 heteroatoms. The normalized spacial score (nSPS) is 19.9. The van der Waals surface area contributed by atoms with Crippen LogP contribution in [0, 0.1) is 6.92 Å². The molecule has 0 radical (unpaired) electrons. The number of ether oxygens (including phenoxy) is 2. The van der Waals surface area contributed by atoms with E-state index in [0.717, 1.165) is 32.1 Å². The van der Waals surface area contributed by atoms with Crippen LogP contribution in [0.15, 0.2) is 17.4 Å². The van der Waals surface area contributed by atoms with Gasteiger partial charge in [0.25, 0.3) is 0 Å². The predicted molar refractivity (Wildman–Crippen MR) is 81.5 cm³/mol. The lowest BCUT2D eigenvalue weighted by Crippen LogP contribution is -2.51. The first-order valence-electron chi connectivity index (χ1n) is 7.28. The summed E-state index contributed by atoms with van der Waals surface area (Å²) < 4.78 is 12.8. The van der Waals surface area contributed by atoms with Gasteiger partial charge in [-0.05, 0) is 12.5 Å². The van der Waals surface area contributed by atoms with Crippen molar-refractivity contribution in [1.82, 2.24) is 20.0 Å². The van der Waals surface area contributed by atoms with E-state index in [4.69, 9.17) is 9.47 Å². The summed E-state index contributed by atoms with van der Waals surface area (Å²) in [7, 11) is 3.50. The molecule has 1 fully saturated rings. The number of aryl methyl sites for hydroxylation is 1. The standard InChI is InChI=1S/C14H25N5O2/c1-12-8-17-19(9-12)5-4-16-14(15-2)18-6-7-21-13(10-18)11-20-3/h8-9,13H,4-7,10-11H2,1-3H3,(H,15,16). The molecule has 7 nitrogen and oxygen atoms in total. The number of morpholine rings is 1. The summed E-state index contributed by atoms with van der Waals surface area (Å²) in [6.45, 7) is 6.61. The summed E-state index contributed by atoms with van der Waals surface area (Å²) in [6.07, 6.45) is 4.01. The van der Waals surface area contributed by atoms with Crippen molar-refractivity contribution in [1.29, 1.82) is 0 Å². The van der Waals surface area contributed by atoms with Crippen molar-refractivity contribution in [2.45, 2.75) is 19.6 Å². The van der Waals surface area contributed by atoms with Crippen molar-refractivity contribution in [3.05, 3.63) is 18.0 Å². The van der Waals surface area contributed by atoms with E-state index in [2.05, 4.69) is 20.3 Å². The Balaban J connectivity index is 1.79. The number of rotatable bonds is 5. The van der Waals surface area contributed by atoms with Gasteiger partial charge in [-0.15, -0.1) is 0 Å². The Morgan fingerprint density at radius 2 is 2.48 bits per heavy atom. The Labute approximate surface area is 125 Å². The lowest BCUT2D eigenvalue weighted by atomic mass is 10.3. The van der Waals surface area contributed by atoms with Gasteiger partial charge < -0.3 is 19.7 Å². The van der Waals surface area contributed by atoms with E-state index < -0.39 is 0 Å². The number of aliphatic imine (C=N–C) groups is 1. The van der Waals surface area contributed by atoms with E-state index in [0.29, 0.717) is 13.2 Å². The molecular formula is C14H25N5O2. The van der Waals surface area contributed by atoms with E-state index in [9.17, 15) is 0 Å². The molecule has 0 spiro atoms. The molecule has 2 heterocycles. The fraction of sp³-hybridized carbons (Fsp3) is 0.714. The van der Waals surface area contributed by atoms with Crippen molar-refractivity contribution < 1.29 is 9.47 Å². The van der Waals surface area contributed by atoms with E-state index >= 15 is 0 Å². The Morgan fingerprint density at radius 1 is 1.62 bits per heavy atom. The maximum atomic E-state index is 5.66. The second kappa shape index (κ2) is 7.99. The average Bonchev–Trinajstić information content (AvgIpc) is 2.90. The molecule has 0 saturated carbocycles. The predicted octanol–water partition coefficient (Wildman–Crippen LogP) is 0.114. The zero-order valence-electron chi connectivity index (χ0n) is 13.1. The van der Waals surface area contributed by atoms with Gasteiger partial charge in [0.2, 0.25) is 0 Å². The van der Waals surface area contributed by atoms with Gasteiger partial charge in [0, 0.05) is 40.0 Å². The van der Waals surface area contributed by atoms with E-state index in [-0.39, 0.29) is 6.10 Å². The summed E-state index contributed by atoms with van der Waals surface area (Å²) in [4.78, 5) is 6.56. The second-order valence-electron chi connectivity index (χ2n) is 5.15. The number of hydrogen-bond acceptors (Lipinski definition) is 4. The van der Waals surface area contributed by atoms with Gasteiger partial charge in [-0.1, -0.05) is 0 Å². The Bertz CT molecular complexity index is 458. The van der Waals surface area contributed by atoms with Crippen LogP contribution in [0.3, 0.4) is 0 Å². The largest absolute Gasteiger partial charge is 0.382 e. The minimum absolute atomic E-state index is 0.107. The van der Waals surface area contributed by atoms with Crippen molar-refractivity contribution in [2.24, 2.45) is 4.99 Å². The lowest BCUT2D eigenvalue weighted by molar-refractivity contribution is -0.0447. The highest BCUT2D eigenvalue weighted by atomic mass is 16.5. The third-order valence-corrected chi connectivity index (χ3v) is 3.39. The molecule has 1 saturated heterocycles. The van der Waals surface area contributed by atoms with Gasteiger partial charge in [-0.3, -0.25) is 9.67 Å². The number of methoxy groups -OCH3 is 1. The number of guanidine groups is 1. The molecule has 1 aliphatic rings. The zero-order chi connectivity index (χ0) is 15.1. The third-order valence-electron chi connectivity index (χ3n) is 3.39. The lowest BCUT2D eigenvalue weighted by Gasteiger charge is -2.34. The van der Waals surface area contributed by atoms with E-state index in [1.165, 1.54) is 5.56 Å². The number of aromatic nitrogens is 2. The first-order chi connectivity index (χ1) is 10.2. The van der Waals surface area contributed by atoms with Crippen LogP contribution in [0.5, 0.6) is 0 Å². The van der Waals surface area contributed by atoms with Gasteiger partial charge in [0.15, 0.2) is 5.96 Å². The van der Waals surface area contributed by atoms with E-state index in [1.807, 2.05) is 24.0 Å². The van der Waals surface area contributed by atoms with Crippen LogP contribution < -0.4 is 5.32 Å². The second-order valence-corrected chi connectivity index (χ2v) is 5.15. The SMILES string of the molecule is CN=C(NCCn1cc(C)cn1)N1CCOC(COC)C1. The Hall–Kier alpha value is -1.60. The molecule has 0 aromatic carbocycles. The maximum absolute atomic E-state index is 5.66. The average molecular weight is 295 g/mol. The molecule has 1 atom stereocenters. The summed E-state index contributed by atoms with van der Waals surface area (Å²) in [5.74, 6) is 0.906. The van der Waals surface area contributed by atoms with Crippen molar-refractivity contribution in [3.63, 3.8) is 0 Å². The van der Waals surface area contributed by atoms with Crippen LogP contribution in [-0.4, -0.2) is 73.7 Å².